The molecule has 7 rings (SSSR count). The topological polar surface area (TPSA) is 23.8 Å². The summed E-state index contributed by atoms with van der Waals surface area (Å²) in [6.07, 6.45) is 0. The van der Waals surface area contributed by atoms with Crippen LogP contribution in [0.25, 0.3) is 43.8 Å². The van der Waals surface area contributed by atoms with Gasteiger partial charge in [-0.25, -0.2) is 0 Å². The van der Waals surface area contributed by atoms with Gasteiger partial charge in [-0.2, -0.15) is 5.26 Å². The Morgan fingerprint density at radius 1 is 0.447 bits per heavy atom. The zero-order chi connectivity index (χ0) is 32.8. The minimum Gasteiger partial charge on any atom is -0.192 e. The van der Waals surface area contributed by atoms with Crippen molar-refractivity contribution in [2.24, 2.45) is 0 Å². The number of aryl methyl sites for hydroxylation is 6. The Morgan fingerprint density at radius 2 is 0.894 bits per heavy atom. The SMILES string of the molecule is Cc1cc(C)c(B(c2c(C)cc(C)cc2C)c2c3ccccc3c(-c3ccc(C#N)cc3-c3ccccc3)c3ccccc23)c(C)c1. The standard InChI is InChI=1S/C45H38BN/c1-28-22-30(3)43(31(4)23-28)46(44-32(5)24-29(2)25-33(44)6)45-39-18-12-10-16-36(39)42(37-17-11-13-19-40(37)45)38-21-20-34(27-47)26-41(38)35-14-8-7-9-15-35/h7-26H,1-6H3. The summed E-state index contributed by atoms with van der Waals surface area (Å²) in [5, 5.41) is 14.9. The molecule has 0 unspecified atom stereocenters. The fourth-order valence-corrected chi connectivity index (χ4v) is 8.18. The maximum Gasteiger partial charge on any atom is 0.244 e. The molecular formula is C45H38BN. The maximum absolute atomic E-state index is 9.90. The highest BCUT2D eigenvalue weighted by molar-refractivity contribution is 6.99. The van der Waals surface area contributed by atoms with Gasteiger partial charge < -0.3 is 0 Å². The number of rotatable bonds is 5. The molecule has 0 heterocycles. The van der Waals surface area contributed by atoms with Crippen LogP contribution in [0, 0.1) is 52.9 Å². The van der Waals surface area contributed by atoms with E-state index < -0.39 is 0 Å². The molecule has 0 aliphatic rings. The average molecular weight is 604 g/mol. The van der Waals surface area contributed by atoms with E-state index in [1.165, 1.54) is 76.9 Å². The predicted molar refractivity (Wildman–Crippen MR) is 203 cm³/mol. The van der Waals surface area contributed by atoms with Crippen molar-refractivity contribution in [2.45, 2.75) is 41.5 Å². The lowest BCUT2D eigenvalue weighted by Crippen LogP contribution is -2.56. The number of fused-ring (bicyclic) bond motifs is 2. The quantitative estimate of drug-likeness (QED) is 0.142. The molecule has 0 N–H and O–H groups in total. The van der Waals surface area contributed by atoms with Crippen LogP contribution in [0.15, 0.2) is 121 Å². The van der Waals surface area contributed by atoms with Crippen molar-refractivity contribution in [3.63, 3.8) is 0 Å². The molecular weight excluding hydrogens is 565 g/mol. The largest absolute Gasteiger partial charge is 0.244 e. The van der Waals surface area contributed by atoms with Crippen LogP contribution in [0.2, 0.25) is 0 Å². The molecule has 47 heavy (non-hydrogen) atoms. The van der Waals surface area contributed by atoms with Gasteiger partial charge in [0.05, 0.1) is 11.6 Å². The second kappa shape index (κ2) is 12.1. The average Bonchev–Trinajstić information content (AvgIpc) is 3.06. The molecule has 0 aliphatic carbocycles. The number of hydrogen-bond acceptors (Lipinski definition) is 1. The lowest BCUT2D eigenvalue weighted by Gasteiger charge is -2.28. The number of nitriles is 1. The molecule has 0 aromatic heterocycles. The van der Waals surface area contributed by atoms with Gasteiger partial charge in [0.15, 0.2) is 0 Å². The molecule has 7 aromatic carbocycles. The number of benzene rings is 7. The zero-order valence-corrected chi connectivity index (χ0v) is 28.1. The molecule has 2 heteroatoms. The van der Waals surface area contributed by atoms with E-state index in [-0.39, 0.29) is 6.71 Å². The van der Waals surface area contributed by atoms with Crippen molar-refractivity contribution in [3.8, 4) is 28.3 Å². The highest BCUT2D eigenvalue weighted by Crippen LogP contribution is 2.41. The molecule has 0 spiro atoms. The van der Waals surface area contributed by atoms with E-state index in [4.69, 9.17) is 0 Å². The number of nitrogens with zero attached hydrogens (tertiary/aromatic N) is 1. The molecule has 0 amide bonds. The Kier molecular flexibility index (Phi) is 7.79. The lowest BCUT2D eigenvalue weighted by molar-refractivity contribution is 1.34. The van der Waals surface area contributed by atoms with Gasteiger partial charge in [-0.15, -0.1) is 0 Å². The minimum atomic E-state index is 0.0367. The van der Waals surface area contributed by atoms with Gasteiger partial charge in [-0.3, -0.25) is 0 Å². The molecule has 0 fully saturated rings. The van der Waals surface area contributed by atoms with Crippen molar-refractivity contribution in [3.05, 3.63) is 160 Å². The summed E-state index contributed by atoms with van der Waals surface area (Å²) in [6, 6.07) is 46.3. The molecule has 1 nitrogen and oxygen atoms in total. The first kappa shape index (κ1) is 30.3. The van der Waals surface area contributed by atoms with Crippen molar-refractivity contribution >= 4 is 44.6 Å². The highest BCUT2D eigenvalue weighted by Gasteiger charge is 2.32. The third kappa shape index (κ3) is 5.23. The smallest absolute Gasteiger partial charge is 0.192 e. The van der Waals surface area contributed by atoms with E-state index in [0.717, 1.165) is 16.7 Å². The third-order valence-electron chi connectivity index (χ3n) is 9.82. The maximum atomic E-state index is 9.90. The molecule has 0 saturated carbocycles. The van der Waals surface area contributed by atoms with Crippen LogP contribution >= 0.6 is 0 Å². The van der Waals surface area contributed by atoms with Gasteiger partial charge in [0.2, 0.25) is 6.71 Å². The fraction of sp³-hybridized carbons (Fsp3) is 0.133. The molecule has 226 valence electrons. The normalized spacial score (nSPS) is 11.2. The molecule has 0 bridgehead atoms. The summed E-state index contributed by atoms with van der Waals surface area (Å²) >= 11 is 0. The Bertz CT molecular complexity index is 2220. The Hall–Kier alpha value is -5.39. The fourth-order valence-electron chi connectivity index (χ4n) is 8.18. The van der Waals surface area contributed by atoms with Crippen LogP contribution < -0.4 is 16.4 Å². The Labute approximate surface area is 279 Å². The summed E-state index contributed by atoms with van der Waals surface area (Å²) in [5.74, 6) is 0. The molecule has 0 saturated heterocycles. The summed E-state index contributed by atoms with van der Waals surface area (Å²) in [6.45, 7) is 13.6. The van der Waals surface area contributed by atoms with Crippen molar-refractivity contribution < 1.29 is 0 Å². The zero-order valence-electron chi connectivity index (χ0n) is 28.1. The van der Waals surface area contributed by atoms with Crippen LogP contribution in [0.1, 0.15) is 38.9 Å². The van der Waals surface area contributed by atoms with Crippen molar-refractivity contribution in [1.29, 1.82) is 5.26 Å². The summed E-state index contributed by atoms with van der Waals surface area (Å²) < 4.78 is 0. The second-order valence-electron chi connectivity index (χ2n) is 13.2. The van der Waals surface area contributed by atoms with Gasteiger partial charge in [-0.1, -0.05) is 159 Å². The van der Waals surface area contributed by atoms with Gasteiger partial charge >= 0.3 is 0 Å². The van der Waals surface area contributed by atoms with Crippen LogP contribution in [-0.4, -0.2) is 6.71 Å². The second-order valence-corrected chi connectivity index (χ2v) is 13.2. The first-order chi connectivity index (χ1) is 22.8. The summed E-state index contributed by atoms with van der Waals surface area (Å²) in [7, 11) is 0. The van der Waals surface area contributed by atoms with Crippen LogP contribution in [0.4, 0.5) is 0 Å². The Morgan fingerprint density at radius 3 is 1.36 bits per heavy atom. The van der Waals surface area contributed by atoms with Gasteiger partial charge in [0, 0.05) is 0 Å². The molecule has 0 aliphatic heterocycles. The third-order valence-corrected chi connectivity index (χ3v) is 9.82. The molecule has 0 atom stereocenters. The van der Waals surface area contributed by atoms with E-state index in [0.29, 0.717) is 5.56 Å². The highest BCUT2D eigenvalue weighted by atomic mass is 14.3. The lowest BCUT2D eigenvalue weighted by atomic mass is 9.33. The monoisotopic (exact) mass is 603 g/mol. The van der Waals surface area contributed by atoms with Crippen LogP contribution in [-0.2, 0) is 0 Å². The van der Waals surface area contributed by atoms with E-state index in [2.05, 4.69) is 151 Å². The first-order valence-corrected chi connectivity index (χ1v) is 16.5. The van der Waals surface area contributed by atoms with E-state index >= 15 is 0 Å². The van der Waals surface area contributed by atoms with Crippen molar-refractivity contribution in [2.75, 3.05) is 0 Å². The van der Waals surface area contributed by atoms with Gasteiger partial charge in [0.25, 0.3) is 0 Å². The summed E-state index contributed by atoms with van der Waals surface area (Å²) in [5.41, 5.74) is 17.2. The van der Waals surface area contributed by atoms with E-state index in [9.17, 15) is 5.26 Å². The minimum absolute atomic E-state index is 0.0367. The van der Waals surface area contributed by atoms with Gasteiger partial charge in [0.1, 0.15) is 0 Å². The first-order valence-electron chi connectivity index (χ1n) is 16.5. The molecule has 0 radical (unpaired) electrons. The summed E-state index contributed by atoms with van der Waals surface area (Å²) in [4.78, 5) is 0. The predicted octanol–water partition coefficient (Wildman–Crippen LogP) is 9.57. The van der Waals surface area contributed by atoms with Crippen molar-refractivity contribution in [1.82, 2.24) is 0 Å². The van der Waals surface area contributed by atoms with Crippen LogP contribution in [0.3, 0.4) is 0 Å². The Balaban J connectivity index is 1.67. The molecule has 7 aromatic rings. The van der Waals surface area contributed by atoms with E-state index in [1.807, 2.05) is 18.2 Å². The van der Waals surface area contributed by atoms with E-state index in [1.54, 1.807) is 0 Å². The number of hydrogen-bond donors (Lipinski definition) is 0. The van der Waals surface area contributed by atoms with Crippen LogP contribution in [0.5, 0.6) is 0 Å². The van der Waals surface area contributed by atoms with Gasteiger partial charge in [-0.05, 0) is 97.5 Å².